The summed E-state index contributed by atoms with van der Waals surface area (Å²) in [7, 11) is 1.57. The van der Waals surface area contributed by atoms with E-state index in [2.05, 4.69) is 16.3 Å². The molecule has 0 saturated heterocycles. The number of nitrogens with zero attached hydrogens (tertiary/aromatic N) is 2. The van der Waals surface area contributed by atoms with Gasteiger partial charge in [-0.2, -0.15) is 0 Å². The van der Waals surface area contributed by atoms with Crippen LogP contribution in [0, 0.1) is 10.8 Å². The van der Waals surface area contributed by atoms with Crippen molar-refractivity contribution in [2.75, 3.05) is 53.4 Å². The Morgan fingerprint density at radius 3 is 2.64 bits per heavy atom. The minimum absolute atomic E-state index is 0.161. The Kier molecular flexibility index (Phi) is 12.0. The molecule has 0 saturated carbocycles. The van der Waals surface area contributed by atoms with Crippen LogP contribution in [0.4, 0.5) is 4.39 Å². The van der Waals surface area contributed by atoms with Crippen LogP contribution in [0.25, 0.3) is 0 Å². The molecule has 0 aromatic carbocycles. The van der Waals surface area contributed by atoms with E-state index in [1.165, 1.54) is 11.0 Å². The Labute approximate surface area is 195 Å². The van der Waals surface area contributed by atoms with Gasteiger partial charge in [0.15, 0.2) is 6.86 Å². The van der Waals surface area contributed by atoms with Gasteiger partial charge < -0.3 is 25.1 Å². The molecule has 11 heteroatoms. The molecular weight excluding hydrogens is 433 g/mol. The summed E-state index contributed by atoms with van der Waals surface area (Å²) in [5, 5.41) is 4.67. The molecule has 188 valence electrons. The van der Waals surface area contributed by atoms with E-state index >= 15 is 0 Å². The maximum Gasteiger partial charge on any atom is 0.246 e. The van der Waals surface area contributed by atoms with Crippen molar-refractivity contribution in [2.24, 2.45) is 10.8 Å². The molecule has 0 bridgehead atoms. The second-order valence-corrected chi connectivity index (χ2v) is 9.31. The van der Waals surface area contributed by atoms with Crippen molar-refractivity contribution in [3.63, 3.8) is 0 Å². The largest absolute Gasteiger partial charge is 0.380 e. The number of hydrogen-bond donors (Lipinski definition) is 3. The van der Waals surface area contributed by atoms with E-state index in [-0.39, 0.29) is 42.2 Å². The summed E-state index contributed by atoms with van der Waals surface area (Å²) in [6.07, 6.45) is 4.90. The van der Waals surface area contributed by atoms with Crippen LogP contribution in [0.3, 0.4) is 0 Å². The van der Waals surface area contributed by atoms with Crippen molar-refractivity contribution in [1.82, 2.24) is 26.2 Å². The molecule has 1 aliphatic rings. The monoisotopic (exact) mass is 471 g/mol. The lowest BCUT2D eigenvalue weighted by molar-refractivity contribution is -0.126. The first-order valence-electron chi connectivity index (χ1n) is 10.9. The highest BCUT2D eigenvalue weighted by molar-refractivity contribution is 5.91. The van der Waals surface area contributed by atoms with Gasteiger partial charge in [-0.15, -0.1) is 5.53 Å². The molecule has 0 radical (unpaired) electrons. The summed E-state index contributed by atoms with van der Waals surface area (Å²) in [5.74, 6) is -0.491. The SMILES string of the molecule is CN(CCC(=O)NCC(C)(C)COCC(C)(C)C1=CN(CCOCF)NN1)C(=O)/C=C\C=O. The Balaban J connectivity index is 2.35. The third-order valence-electron chi connectivity index (χ3n) is 4.99. The fourth-order valence-electron chi connectivity index (χ4n) is 2.80. The lowest BCUT2D eigenvalue weighted by Crippen LogP contribution is -2.41. The van der Waals surface area contributed by atoms with Crippen molar-refractivity contribution in [3.05, 3.63) is 24.0 Å². The van der Waals surface area contributed by atoms with Gasteiger partial charge in [-0.05, 0) is 6.08 Å². The zero-order chi connectivity index (χ0) is 24.9. The van der Waals surface area contributed by atoms with Gasteiger partial charge in [0.05, 0.1) is 32.1 Å². The number of carbonyl (C=O) groups is 3. The Morgan fingerprint density at radius 2 is 1.97 bits per heavy atom. The third kappa shape index (κ3) is 11.3. The zero-order valence-corrected chi connectivity index (χ0v) is 20.3. The van der Waals surface area contributed by atoms with Crippen molar-refractivity contribution < 1.29 is 28.2 Å². The average molecular weight is 472 g/mol. The van der Waals surface area contributed by atoms with Gasteiger partial charge >= 0.3 is 0 Å². The minimum atomic E-state index is -0.801. The van der Waals surface area contributed by atoms with Crippen molar-refractivity contribution in [1.29, 1.82) is 0 Å². The molecule has 0 aromatic heterocycles. The number of rotatable bonds is 16. The summed E-state index contributed by atoms with van der Waals surface area (Å²) >= 11 is 0. The maximum atomic E-state index is 12.1. The molecule has 0 atom stereocenters. The van der Waals surface area contributed by atoms with Crippen LogP contribution in [0.2, 0.25) is 0 Å². The lowest BCUT2D eigenvalue weighted by atomic mass is 9.90. The van der Waals surface area contributed by atoms with Crippen LogP contribution in [-0.2, 0) is 23.9 Å². The molecule has 0 spiro atoms. The summed E-state index contributed by atoms with van der Waals surface area (Å²) in [6.45, 7) is 9.66. The summed E-state index contributed by atoms with van der Waals surface area (Å²) in [5.41, 5.74) is 6.45. The smallest absolute Gasteiger partial charge is 0.246 e. The molecule has 1 heterocycles. The first kappa shape index (κ1) is 28.5. The standard InChI is InChI=1S/C22H38FN5O5/c1-21(2,14-24-19(30)8-9-27(5)20(31)7-6-11-29)15-33-16-22(3,4)18-13-28(26-25-18)10-12-32-17-23/h6-7,11,13,25-26H,8-10,12,14-17H2,1-5H3,(H,24,30)/b7-6-. The van der Waals surface area contributed by atoms with Gasteiger partial charge in [0, 0.05) is 49.7 Å². The topological polar surface area (TPSA) is 112 Å². The number of carbonyl (C=O) groups excluding carboxylic acids is 3. The Morgan fingerprint density at radius 1 is 1.24 bits per heavy atom. The summed E-state index contributed by atoms with van der Waals surface area (Å²) < 4.78 is 22.7. The van der Waals surface area contributed by atoms with Gasteiger partial charge in [0.2, 0.25) is 11.8 Å². The molecule has 33 heavy (non-hydrogen) atoms. The van der Waals surface area contributed by atoms with Crippen molar-refractivity contribution >= 4 is 18.1 Å². The van der Waals surface area contributed by atoms with E-state index in [0.29, 0.717) is 32.6 Å². The van der Waals surface area contributed by atoms with Crippen LogP contribution >= 0.6 is 0 Å². The Hall–Kier alpha value is -2.50. The first-order valence-corrected chi connectivity index (χ1v) is 10.9. The van der Waals surface area contributed by atoms with E-state index in [1.807, 2.05) is 33.9 Å². The molecule has 1 aliphatic heterocycles. The van der Waals surface area contributed by atoms with E-state index in [1.54, 1.807) is 12.1 Å². The van der Waals surface area contributed by atoms with Crippen LogP contribution in [-0.4, -0.2) is 81.4 Å². The van der Waals surface area contributed by atoms with Crippen LogP contribution < -0.4 is 16.3 Å². The maximum absolute atomic E-state index is 12.1. The van der Waals surface area contributed by atoms with Crippen molar-refractivity contribution in [2.45, 2.75) is 34.1 Å². The van der Waals surface area contributed by atoms with Gasteiger partial charge in [-0.25, -0.2) is 4.39 Å². The summed E-state index contributed by atoms with van der Waals surface area (Å²) in [4.78, 5) is 35.5. The fourth-order valence-corrected chi connectivity index (χ4v) is 2.80. The normalized spacial score (nSPS) is 14.2. The lowest BCUT2D eigenvalue weighted by Gasteiger charge is -2.29. The Bertz CT molecular complexity index is 711. The number of aldehydes is 1. The van der Waals surface area contributed by atoms with Crippen LogP contribution in [0.1, 0.15) is 34.1 Å². The number of hydrazine groups is 2. The fraction of sp³-hybridized carbons (Fsp3) is 0.682. The number of amides is 2. The van der Waals surface area contributed by atoms with Crippen molar-refractivity contribution in [3.8, 4) is 0 Å². The predicted octanol–water partition coefficient (Wildman–Crippen LogP) is 0.885. The molecule has 0 aromatic rings. The number of alkyl halides is 1. The quantitative estimate of drug-likeness (QED) is 0.173. The molecule has 10 nitrogen and oxygen atoms in total. The molecular formula is C22H38FN5O5. The van der Waals surface area contributed by atoms with Crippen LogP contribution in [0.15, 0.2) is 24.0 Å². The number of likely N-dealkylation sites (N-methyl/N-ethyl adjacent to an activating group) is 1. The van der Waals surface area contributed by atoms with E-state index in [4.69, 9.17) is 9.47 Å². The van der Waals surface area contributed by atoms with Gasteiger partial charge in [-0.3, -0.25) is 19.4 Å². The molecule has 2 amide bonds. The highest BCUT2D eigenvalue weighted by atomic mass is 19.1. The number of nitrogens with one attached hydrogen (secondary N) is 3. The zero-order valence-electron chi connectivity index (χ0n) is 20.3. The molecule has 0 fully saturated rings. The molecule has 3 N–H and O–H groups in total. The third-order valence-corrected chi connectivity index (χ3v) is 4.99. The number of halogens is 1. The second kappa shape index (κ2) is 13.9. The predicted molar refractivity (Wildman–Crippen MR) is 122 cm³/mol. The second-order valence-electron chi connectivity index (χ2n) is 9.31. The van der Waals surface area contributed by atoms with Crippen LogP contribution in [0.5, 0.6) is 0 Å². The van der Waals surface area contributed by atoms with Gasteiger partial charge in [0.1, 0.15) is 6.29 Å². The average Bonchev–Trinajstić information content (AvgIpc) is 3.24. The van der Waals surface area contributed by atoms with E-state index in [0.717, 1.165) is 11.8 Å². The van der Waals surface area contributed by atoms with E-state index in [9.17, 15) is 18.8 Å². The number of hydrogen-bond acceptors (Lipinski definition) is 8. The number of ether oxygens (including phenoxy) is 2. The van der Waals surface area contributed by atoms with Gasteiger partial charge in [0.25, 0.3) is 0 Å². The minimum Gasteiger partial charge on any atom is -0.380 e. The van der Waals surface area contributed by atoms with E-state index < -0.39 is 6.86 Å². The number of allylic oxidation sites excluding steroid dienone is 1. The van der Waals surface area contributed by atoms with Gasteiger partial charge in [-0.1, -0.05) is 27.7 Å². The highest BCUT2D eigenvalue weighted by Gasteiger charge is 2.29. The first-order chi connectivity index (χ1) is 15.5. The summed E-state index contributed by atoms with van der Waals surface area (Å²) in [6, 6.07) is 0. The highest BCUT2D eigenvalue weighted by Crippen LogP contribution is 2.27. The molecule has 1 rings (SSSR count). The molecule has 0 unspecified atom stereocenters. The molecule has 0 aliphatic carbocycles.